The molecule has 0 spiro atoms. The Morgan fingerprint density at radius 2 is 1.83 bits per heavy atom. The summed E-state index contributed by atoms with van der Waals surface area (Å²) in [5, 5.41) is 0. The van der Waals surface area contributed by atoms with Crippen LogP contribution in [0.5, 0.6) is 5.75 Å². The monoisotopic (exact) mass is 341 g/mol. The zero-order valence-electron chi connectivity index (χ0n) is 13.2. The van der Waals surface area contributed by atoms with Gasteiger partial charge in [-0.2, -0.15) is 0 Å². The van der Waals surface area contributed by atoms with Crippen LogP contribution in [-0.4, -0.2) is 46.5 Å². The second-order valence-corrected chi connectivity index (χ2v) is 7.57. The molecule has 1 aromatic carbocycles. The molecule has 1 saturated heterocycles. The summed E-state index contributed by atoms with van der Waals surface area (Å²) in [5.41, 5.74) is 0. The van der Waals surface area contributed by atoms with Gasteiger partial charge in [0.25, 0.3) is 0 Å². The average molecular weight is 341 g/mol. The summed E-state index contributed by atoms with van der Waals surface area (Å²) in [6.45, 7) is 3.65. The van der Waals surface area contributed by atoms with E-state index in [1.165, 1.54) is 0 Å². The predicted molar refractivity (Wildman–Crippen MR) is 85.1 cm³/mol. The SMILES string of the molecule is CCOc1ccc(S(=O)(=O)NC2CCC3OCCOC3C2)cc1. The fraction of sp³-hybridized carbons (Fsp3) is 0.625. The second kappa shape index (κ2) is 7.17. The average Bonchev–Trinajstić information content (AvgIpc) is 2.55. The van der Waals surface area contributed by atoms with Gasteiger partial charge in [0.05, 0.1) is 36.9 Å². The number of ether oxygens (including phenoxy) is 3. The molecule has 1 aliphatic heterocycles. The molecule has 1 N–H and O–H groups in total. The molecule has 0 aromatic heterocycles. The van der Waals surface area contributed by atoms with Crippen molar-refractivity contribution in [3.63, 3.8) is 0 Å². The van der Waals surface area contributed by atoms with Crippen molar-refractivity contribution in [1.82, 2.24) is 4.72 Å². The van der Waals surface area contributed by atoms with E-state index in [-0.39, 0.29) is 23.1 Å². The summed E-state index contributed by atoms with van der Waals surface area (Å²) in [5.74, 6) is 0.666. The third-order valence-corrected chi connectivity index (χ3v) is 5.78. The van der Waals surface area contributed by atoms with Gasteiger partial charge in [0.15, 0.2) is 0 Å². The van der Waals surface area contributed by atoms with Crippen molar-refractivity contribution in [3.05, 3.63) is 24.3 Å². The molecular weight excluding hydrogens is 318 g/mol. The van der Waals surface area contributed by atoms with Crippen molar-refractivity contribution in [2.45, 2.75) is 49.3 Å². The minimum atomic E-state index is -3.53. The van der Waals surface area contributed by atoms with Crippen molar-refractivity contribution in [3.8, 4) is 5.75 Å². The molecule has 0 amide bonds. The van der Waals surface area contributed by atoms with Gasteiger partial charge in [-0.3, -0.25) is 0 Å². The highest BCUT2D eigenvalue weighted by molar-refractivity contribution is 7.89. The third kappa shape index (κ3) is 4.03. The van der Waals surface area contributed by atoms with Crippen LogP contribution in [0.1, 0.15) is 26.2 Å². The summed E-state index contributed by atoms with van der Waals surface area (Å²) >= 11 is 0. The molecule has 2 fully saturated rings. The number of hydrogen-bond acceptors (Lipinski definition) is 5. The maximum absolute atomic E-state index is 12.5. The standard InChI is InChI=1S/C16H23NO5S/c1-2-20-13-4-6-14(7-5-13)23(18,19)17-12-3-8-15-16(11-12)22-10-9-21-15/h4-7,12,15-17H,2-3,8-11H2,1H3. The molecule has 2 aliphatic rings. The normalized spacial score (nSPS) is 28.1. The lowest BCUT2D eigenvalue weighted by Crippen LogP contribution is -2.49. The molecule has 1 saturated carbocycles. The van der Waals surface area contributed by atoms with Crippen LogP contribution in [0.25, 0.3) is 0 Å². The number of sulfonamides is 1. The molecule has 6 nitrogen and oxygen atoms in total. The first kappa shape index (κ1) is 16.7. The molecule has 7 heteroatoms. The van der Waals surface area contributed by atoms with Crippen molar-refractivity contribution < 1.29 is 22.6 Å². The summed E-state index contributed by atoms with van der Waals surface area (Å²) in [6, 6.07) is 6.37. The molecule has 1 heterocycles. The van der Waals surface area contributed by atoms with Gasteiger partial charge >= 0.3 is 0 Å². The van der Waals surface area contributed by atoms with E-state index in [0.717, 1.165) is 12.8 Å². The molecule has 1 aliphatic carbocycles. The Morgan fingerprint density at radius 1 is 1.13 bits per heavy atom. The number of fused-ring (bicyclic) bond motifs is 1. The molecule has 3 rings (SSSR count). The van der Waals surface area contributed by atoms with Crippen LogP contribution >= 0.6 is 0 Å². The number of nitrogens with one attached hydrogen (secondary N) is 1. The van der Waals surface area contributed by atoms with Crippen molar-refractivity contribution in [1.29, 1.82) is 0 Å². The largest absolute Gasteiger partial charge is 0.494 e. The highest BCUT2D eigenvalue weighted by atomic mass is 32.2. The van der Waals surface area contributed by atoms with Crippen LogP contribution in [0.3, 0.4) is 0 Å². The molecule has 1 aromatic rings. The van der Waals surface area contributed by atoms with Gasteiger partial charge < -0.3 is 14.2 Å². The summed E-state index contributed by atoms with van der Waals surface area (Å²) in [4.78, 5) is 0.254. The van der Waals surface area contributed by atoms with Gasteiger partial charge in [-0.15, -0.1) is 0 Å². The third-order valence-electron chi connectivity index (χ3n) is 4.25. The number of hydrogen-bond donors (Lipinski definition) is 1. The van der Waals surface area contributed by atoms with E-state index >= 15 is 0 Å². The van der Waals surface area contributed by atoms with Crippen LogP contribution in [0.4, 0.5) is 0 Å². The van der Waals surface area contributed by atoms with Crippen LogP contribution in [0, 0.1) is 0 Å². The summed E-state index contributed by atoms with van der Waals surface area (Å²) in [7, 11) is -3.53. The van der Waals surface area contributed by atoms with Gasteiger partial charge in [0.2, 0.25) is 10.0 Å². The Balaban J connectivity index is 1.64. The minimum Gasteiger partial charge on any atom is -0.494 e. The summed E-state index contributed by atoms with van der Waals surface area (Å²) in [6.07, 6.45) is 2.34. The van der Waals surface area contributed by atoms with Gasteiger partial charge in [-0.1, -0.05) is 0 Å². The Hall–Kier alpha value is -1.15. The van der Waals surface area contributed by atoms with E-state index < -0.39 is 10.0 Å². The highest BCUT2D eigenvalue weighted by Gasteiger charge is 2.35. The van der Waals surface area contributed by atoms with Gasteiger partial charge in [-0.05, 0) is 50.5 Å². The fourth-order valence-corrected chi connectivity index (χ4v) is 4.43. The molecule has 0 radical (unpaired) electrons. The van der Waals surface area contributed by atoms with E-state index in [1.54, 1.807) is 24.3 Å². The summed E-state index contributed by atoms with van der Waals surface area (Å²) < 4.78 is 44.5. The zero-order chi connectivity index (χ0) is 16.3. The molecule has 3 atom stereocenters. The molecule has 128 valence electrons. The maximum Gasteiger partial charge on any atom is 0.240 e. The lowest BCUT2D eigenvalue weighted by Gasteiger charge is -2.38. The number of rotatable bonds is 5. The van der Waals surface area contributed by atoms with Crippen LogP contribution < -0.4 is 9.46 Å². The van der Waals surface area contributed by atoms with Crippen molar-refractivity contribution in [2.75, 3.05) is 19.8 Å². The van der Waals surface area contributed by atoms with Gasteiger partial charge in [-0.25, -0.2) is 13.1 Å². The van der Waals surface area contributed by atoms with E-state index in [4.69, 9.17) is 14.2 Å². The van der Waals surface area contributed by atoms with Crippen LogP contribution in [-0.2, 0) is 19.5 Å². The van der Waals surface area contributed by atoms with Crippen molar-refractivity contribution in [2.24, 2.45) is 0 Å². The number of benzene rings is 1. The molecular formula is C16H23NO5S. The van der Waals surface area contributed by atoms with E-state index in [1.807, 2.05) is 6.92 Å². The van der Waals surface area contributed by atoms with Gasteiger partial charge in [0.1, 0.15) is 5.75 Å². The van der Waals surface area contributed by atoms with Crippen LogP contribution in [0.15, 0.2) is 29.2 Å². The van der Waals surface area contributed by atoms with Crippen LogP contribution in [0.2, 0.25) is 0 Å². The minimum absolute atomic E-state index is 0.00877. The Kier molecular flexibility index (Phi) is 5.21. The van der Waals surface area contributed by atoms with E-state index in [9.17, 15) is 8.42 Å². The predicted octanol–water partition coefficient (Wildman–Crippen LogP) is 1.70. The Bertz CT molecular complexity index is 616. The Labute approximate surface area is 137 Å². The lowest BCUT2D eigenvalue weighted by atomic mass is 9.90. The topological polar surface area (TPSA) is 73.9 Å². The molecule has 23 heavy (non-hydrogen) atoms. The molecule has 0 bridgehead atoms. The van der Waals surface area contributed by atoms with E-state index in [0.29, 0.717) is 32.0 Å². The lowest BCUT2D eigenvalue weighted by molar-refractivity contribution is -0.156. The second-order valence-electron chi connectivity index (χ2n) is 5.85. The first-order chi connectivity index (χ1) is 11.1. The maximum atomic E-state index is 12.5. The first-order valence-electron chi connectivity index (χ1n) is 8.07. The quantitative estimate of drug-likeness (QED) is 0.882. The van der Waals surface area contributed by atoms with Gasteiger partial charge in [0, 0.05) is 6.04 Å². The zero-order valence-corrected chi connectivity index (χ0v) is 14.1. The Morgan fingerprint density at radius 3 is 2.52 bits per heavy atom. The smallest absolute Gasteiger partial charge is 0.240 e. The first-order valence-corrected chi connectivity index (χ1v) is 9.55. The van der Waals surface area contributed by atoms with Crippen molar-refractivity contribution >= 4 is 10.0 Å². The van der Waals surface area contributed by atoms with E-state index in [2.05, 4.69) is 4.72 Å². The molecule has 3 unspecified atom stereocenters. The fourth-order valence-electron chi connectivity index (χ4n) is 3.14. The highest BCUT2D eigenvalue weighted by Crippen LogP contribution is 2.28.